The van der Waals surface area contributed by atoms with Crippen molar-refractivity contribution in [3.8, 4) is 6.07 Å². The quantitative estimate of drug-likeness (QED) is 0.821. The third kappa shape index (κ3) is 3.41. The third-order valence-electron chi connectivity index (χ3n) is 2.12. The van der Waals surface area contributed by atoms with Gasteiger partial charge in [-0.15, -0.1) is 0 Å². The molecular weight excluding hydrogens is 258 g/mol. The summed E-state index contributed by atoms with van der Waals surface area (Å²) in [6, 6.07) is 6.96. The Morgan fingerprint density at radius 3 is 2.76 bits per heavy atom. The molecule has 1 aromatic carbocycles. The number of nitrogens with one attached hydrogen (secondary N) is 1. The van der Waals surface area contributed by atoms with Gasteiger partial charge in [-0.05, 0) is 24.6 Å². The van der Waals surface area contributed by atoms with Crippen LogP contribution in [0.3, 0.4) is 0 Å². The number of nitrogens with zero attached hydrogens (tertiary/aromatic N) is 1. The highest BCUT2D eigenvalue weighted by Crippen LogP contribution is 2.20. The van der Waals surface area contributed by atoms with Gasteiger partial charge >= 0.3 is 0 Å². The highest BCUT2D eigenvalue weighted by Gasteiger charge is 2.20. The zero-order chi connectivity index (χ0) is 13.0. The predicted octanol–water partition coefficient (Wildman–Crippen LogP) is 2.01. The van der Waals surface area contributed by atoms with Crippen LogP contribution in [0.15, 0.2) is 18.2 Å². The van der Waals surface area contributed by atoms with Crippen LogP contribution < -0.4 is 11.1 Å². The minimum atomic E-state index is -1.13. The zero-order valence-corrected chi connectivity index (χ0v) is 10.6. The van der Waals surface area contributed by atoms with Crippen molar-refractivity contribution in [3.63, 3.8) is 0 Å². The molecule has 1 amide bonds. The molecule has 17 heavy (non-hydrogen) atoms. The number of carbonyl (C=O) groups is 1. The average Bonchev–Trinajstić information content (AvgIpc) is 2.24. The van der Waals surface area contributed by atoms with Crippen molar-refractivity contribution in [1.82, 2.24) is 0 Å². The summed E-state index contributed by atoms with van der Waals surface area (Å²) in [5.41, 5.74) is 6.58. The van der Waals surface area contributed by atoms with Crippen molar-refractivity contribution in [1.29, 1.82) is 5.26 Å². The molecule has 0 saturated heterocycles. The number of nitriles is 1. The van der Waals surface area contributed by atoms with Crippen molar-refractivity contribution >= 4 is 40.4 Å². The van der Waals surface area contributed by atoms with E-state index in [1.165, 1.54) is 0 Å². The lowest BCUT2D eigenvalue weighted by Crippen LogP contribution is -2.32. The fourth-order valence-corrected chi connectivity index (χ4v) is 1.60. The second kappa shape index (κ2) is 5.62. The Balaban J connectivity index is 2.85. The molecule has 0 aromatic heterocycles. The minimum absolute atomic E-state index is 0.0694. The van der Waals surface area contributed by atoms with E-state index >= 15 is 0 Å². The predicted molar refractivity (Wildman–Crippen MR) is 70.7 cm³/mol. The van der Waals surface area contributed by atoms with Gasteiger partial charge in [0.1, 0.15) is 4.99 Å². The molecule has 0 bridgehead atoms. The Labute approximate surface area is 109 Å². The van der Waals surface area contributed by atoms with E-state index < -0.39 is 11.8 Å². The lowest BCUT2D eigenvalue weighted by atomic mass is 10.1. The lowest BCUT2D eigenvalue weighted by Gasteiger charge is -2.11. The number of nitrogens with two attached hydrogens (primary N) is 1. The molecule has 0 aliphatic carbocycles. The fourth-order valence-electron chi connectivity index (χ4n) is 1.14. The Bertz CT molecular complexity index is 510. The van der Waals surface area contributed by atoms with E-state index in [1.54, 1.807) is 24.3 Å². The first-order valence-electron chi connectivity index (χ1n) is 4.71. The number of hydrogen-bond donors (Lipinski definition) is 2. The minimum Gasteiger partial charge on any atom is -0.368 e. The molecule has 1 rings (SSSR count). The molecule has 0 fully saturated rings. The Morgan fingerprint density at radius 1 is 1.65 bits per heavy atom. The van der Waals surface area contributed by atoms with E-state index in [-0.39, 0.29) is 4.99 Å². The second-order valence-corrected chi connectivity index (χ2v) is 4.26. The van der Waals surface area contributed by atoms with Crippen LogP contribution in [0.4, 0.5) is 5.69 Å². The van der Waals surface area contributed by atoms with E-state index in [4.69, 9.17) is 34.8 Å². The highest BCUT2D eigenvalue weighted by molar-refractivity contribution is 7.80. The summed E-state index contributed by atoms with van der Waals surface area (Å²) in [5, 5.41) is 12.1. The van der Waals surface area contributed by atoms with E-state index in [0.29, 0.717) is 10.7 Å². The van der Waals surface area contributed by atoms with Gasteiger partial charge in [0.25, 0.3) is 0 Å². The number of rotatable bonds is 3. The number of halogens is 1. The maximum atomic E-state index is 10.9. The number of aryl methyl sites for hydroxylation is 1. The summed E-state index contributed by atoms with van der Waals surface area (Å²) < 4.78 is 0. The van der Waals surface area contributed by atoms with Crippen LogP contribution in [0.2, 0.25) is 5.02 Å². The molecule has 6 heteroatoms. The second-order valence-electron chi connectivity index (χ2n) is 3.42. The summed E-state index contributed by atoms with van der Waals surface area (Å²) in [7, 11) is 0. The summed E-state index contributed by atoms with van der Waals surface area (Å²) in [5.74, 6) is -1.91. The van der Waals surface area contributed by atoms with E-state index in [9.17, 15) is 4.79 Å². The lowest BCUT2D eigenvalue weighted by molar-refractivity contribution is -0.118. The highest BCUT2D eigenvalue weighted by atomic mass is 35.5. The van der Waals surface area contributed by atoms with Crippen molar-refractivity contribution in [2.45, 2.75) is 6.92 Å². The van der Waals surface area contributed by atoms with Gasteiger partial charge in [0.2, 0.25) is 5.91 Å². The summed E-state index contributed by atoms with van der Waals surface area (Å²) >= 11 is 10.9. The molecule has 0 unspecified atom stereocenters. The number of benzene rings is 1. The molecule has 3 N–H and O–H groups in total. The van der Waals surface area contributed by atoms with Crippen LogP contribution in [-0.4, -0.2) is 10.9 Å². The van der Waals surface area contributed by atoms with Gasteiger partial charge in [-0.2, -0.15) is 5.26 Å². The van der Waals surface area contributed by atoms with Crippen molar-refractivity contribution in [2.24, 2.45) is 11.7 Å². The van der Waals surface area contributed by atoms with Gasteiger partial charge in [-0.25, -0.2) is 0 Å². The molecule has 1 atom stereocenters. The molecule has 0 aliphatic heterocycles. The monoisotopic (exact) mass is 267 g/mol. The largest absolute Gasteiger partial charge is 0.368 e. The van der Waals surface area contributed by atoms with Crippen molar-refractivity contribution < 1.29 is 4.79 Å². The maximum absolute atomic E-state index is 10.9. The van der Waals surface area contributed by atoms with Gasteiger partial charge in [0.15, 0.2) is 5.92 Å². The van der Waals surface area contributed by atoms with Crippen molar-refractivity contribution in [2.75, 3.05) is 5.32 Å². The molecule has 0 heterocycles. The van der Waals surface area contributed by atoms with Gasteiger partial charge in [-0.3, -0.25) is 4.79 Å². The first kappa shape index (κ1) is 13.4. The third-order valence-corrected chi connectivity index (χ3v) is 2.86. The average molecular weight is 268 g/mol. The zero-order valence-electron chi connectivity index (χ0n) is 9.03. The van der Waals surface area contributed by atoms with Crippen LogP contribution in [0.5, 0.6) is 0 Å². The molecule has 0 radical (unpaired) electrons. The molecule has 88 valence electrons. The first-order chi connectivity index (χ1) is 7.95. The fraction of sp³-hybridized carbons (Fsp3) is 0.182. The molecule has 4 nitrogen and oxygen atoms in total. The molecular formula is C11H10ClN3OS. The Kier molecular flexibility index (Phi) is 4.44. The summed E-state index contributed by atoms with van der Waals surface area (Å²) in [6.07, 6.45) is 0. The van der Waals surface area contributed by atoms with Crippen LogP contribution >= 0.6 is 23.8 Å². The molecule has 0 aliphatic rings. The Hall–Kier alpha value is -1.64. The smallest absolute Gasteiger partial charge is 0.241 e. The number of anilines is 1. The van der Waals surface area contributed by atoms with Crippen LogP contribution in [0.25, 0.3) is 0 Å². The molecule has 1 aromatic rings. The SMILES string of the molecule is Cc1ccc(NC(=S)[C@@H](C#N)C(N)=O)cc1Cl. The molecule has 0 spiro atoms. The number of thiocarbonyl (C=S) groups is 1. The van der Waals surface area contributed by atoms with Gasteiger partial charge in [-0.1, -0.05) is 29.9 Å². The number of amides is 1. The van der Waals surface area contributed by atoms with Crippen LogP contribution in [0.1, 0.15) is 5.56 Å². The standard InChI is InChI=1S/C11H10ClN3OS/c1-6-2-3-7(4-9(6)12)15-11(17)8(5-13)10(14)16/h2-4,8H,1H3,(H2,14,16)(H,15,17)/t8-/m0/s1. The van der Waals surface area contributed by atoms with Crippen LogP contribution in [0, 0.1) is 24.2 Å². The number of primary amides is 1. The topological polar surface area (TPSA) is 78.9 Å². The van der Waals surface area contributed by atoms with Gasteiger partial charge < -0.3 is 11.1 Å². The van der Waals surface area contributed by atoms with E-state index in [1.807, 2.05) is 6.92 Å². The van der Waals surface area contributed by atoms with Crippen LogP contribution in [-0.2, 0) is 4.79 Å². The number of hydrogen-bond acceptors (Lipinski definition) is 3. The number of carbonyl (C=O) groups excluding carboxylic acids is 1. The summed E-state index contributed by atoms with van der Waals surface area (Å²) in [6.45, 7) is 1.87. The molecule has 0 saturated carbocycles. The van der Waals surface area contributed by atoms with Gasteiger partial charge in [0, 0.05) is 10.7 Å². The first-order valence-corrected chi connectivity index (χ1v) is 5.50. The van der Waals surface area contributed by atoms with Crippen molar-refractivity contribution in [3.05, 3.63) is 28.8 Å². The normalized spacial score (nSPS) is 11.4. The summed E-state index contributed by atoms with van der Waals surface area (Å²) in [4.78, 5) is 11.0. The Morgan fingerprint density at radius 2 is 2.29 bits per heavy atom. The van der Waals surface area contributed by atoms with Gasteiger partial charge in [0.05, 0.1) is 6.07 Å². The maximum Gasteiger partial charge on any atom is 0.241 e. The van der Waals surface area contributed by atoms with E-state index in [2.05, 4.69) is 5.32 Å². The van der Waals surface area contributed by atoms with E-state index in [0.717, 1.165) is 5.56 Å².